The van der Waals surface area contributed by atoms with Crippen LogP contribution >= 0.6 is 0 Å². The lowest BCUT2D eigenvalue weighted by Crippen LogP contribution is -2.60. The molecule has 0 aliphatic carbocycles. The van der Waals surface area contributed by atoms with Crippen LogP contribution in [0, 0.1) is 5.92 Å². The van der Waals surface area contributed by atoms with Crippen molar-refractivity contribution in [3.63, 3.8) is 0 Å². The monoisotopic (exact) mass is 323 g/mol. The number of likely N-dealkylation sites (N-methyl/N-ethyl adjacent to an activating group) is 3. The number of aliphatic carboxylic acids is 1. The van der Waals surface area contributed by atoms with Crippen molar-refractivity contribution in [3.8, 4) is 0 Å². The maximum absolute atomic E-state index is 11.4. The van der Waals surface area contributed by atoms with E-state index in [9.17, 15) is 9.90 Å². The first-order valence-electron chi connectivity index (χ1n) is 9.34. The zero-order valence-electron chi connectivity index (χ0n) is 14.9. The van der Waals surface area contributed by atoms with Crippen LogP contribution in [0.5, 0.6) is 0 Å². The van der Waals surface area contributed by atoms with Crippen LogP contribution in [0.4, 0.5) is 0 Å². The number of likely N-dealkylation sites (tertiary alicyclic amines) is 3. The summed E-state index contributed by atoms with van der Waals surface area (Å²) in [6, 6.07) is 2.23. The fourth-order valence-corrected chi connectivity index (χ4v) is 5.33. The second-order valence-corrected chi connectivity index (χ2v) is 8.03. The average Bonchev–Trinajstić information content (AvgIpc) is 2.94. The molecule has 0 spiro atoms. The predicted octanol–water partition coefficient (Wildman–Crippen LogP) is 1.73. The smallest absolute Gasteiger partial charge is 0.306 e. The summed E-state index contributed by atoms with van der Waals surface area (Å²) in [5.41, 5.74) is 0. The fourth-order valence-electron chi connectivity index (χ4n) is 5.33. The van der Waals surface area contributed by atoms with Crippen molar-refractivity contribution in [1.29, 1.82) is 0 Å². The molecular weight excluding hydrogens is 290 g/mol. The van der Waals surface area contributed by atoms with Crippen molar-refractivity contribution in [2.45, 2.75) is 69.1 Å². The number of nitrogens with zero attached hydrogens (tertiary/aromatic N) is 3. The topological polar surface area (TPSA) is 47.0 Å². The number of piperidine rings is 2. The Balaban J connectivity index is 1.71. The van der Waals surface area contributed by atoms with E-state index in [2.05, 4.69) is 35.8 Å². The Labute approximate surface area is 140 Å². The van der Waals surface area contributed by atoms with Gasteiger partial charge in [0, 0.05) is 24.2 Å². The minimum absolute atomic E-state index is 0.154. The highest BCUT2D eigenvalue weighted by Crippen LogP contribution is 2.35. The Morgan fingerprint density at radius 3 is 2.04 bits per heavy atom. The van der Waals surface area contributed by atoms with Crippen LogP contribution in [-0.4, -0.2) is 84.2 Å². The number of carboxylic acid groups (broad SMARTS) is 1. The molecule has 3 heterocycles. The molecule has 0 amide bonds. The summed E-state index contributed by atoms with van der Waals surface area (Å²) < 4.78 is 0. The molecule has 0 aromatic rings. The maximum atomic E-state index is 11.4. The third-order valence-corrected chi connectivity index (χ3v) is 6.78. The molecule has 3 rings (SSSR count). The van der Waals surface area contributed by atoms with Gasteiger partial charge in [0.1, 0.15) is 0 Å². The first-order valence-corrected chi connectivity index (χ1v) is 9.34. The van der Waals surface area contributed by atoms with Crippen LogP contribution in [0.15, 0.2) is 0 Å². The van der Waals surface area contributed by atoms with E-state index in [0.29, 0.717) is 24.2 Å². The van der Waals surface area contributed by atoms with E-state index >= 15 is 0 Å². The quantitative estimate of drug-likeness (QED) is 0.857. The molecule has 3 aliphatic rings. The molecule has 23 heavy (non-hydrogen) atoms. The fraction of sp³-hybridized carbons (Fsp3) is 0.944. The predicted molar refractivity (Wildman–Crippen MR) is 91.6 cm³/mol. The van der Waals surface area contributed by atoms with Gasteiger partial charge < -0.3 is 14.9 Å². The molecule has 0 aromatic heterocycles. The maximum Gasteiger partial charge on any atom is 0.306 e. The Morgan fingerprint density at radius 2 is 1.43 bits per heavy atom. The minimum atomic E-state index is -0.603. The van der Waals surface area contributed by atoms with Crippen molar-refractivity contribution < 1.29 is 9.90 Å². The summed E-state index contributed by atoms with van der Waals surface area (Å²) in [7, 11) is 6.74. The lowest BCUT2D eigenvalue weighted by molar-refractivity contribution is -0.144. The van der Waals surface area contributed by atoms with Gasteiger partial charge in [-0.3, -0.25) is 9.69 Å². The molecule has 3 saturated heterocycles. The van der Waals surface area contributed by atoms with Gasteiger partial charge in [0.15, 0.2) is 0 Å². The van der Waals surface area contributed by atoms with Crippen LogP contribution in [0.2, 0.25) is 0 Å². The molecule has 5 atom stereocenters. The van der Waals surface area contributed by atoms with Gasteiger partial charge in [0.05, 0.1) is 5.92 Å². The lowest BCUT2D eigenvalue weighted by Gasteiger charge is -2.50. The van der Waals surface area contributed by atoms with Crippen molar-refractivity contribution in [1.82, 2.24) is 14.7 Å². The van der Waals surface area contributed by atoms with Crippen molar-refractivity contribution in [2.75, 3.05) is 34.2 Å². The Morgan fingerprint density at radius 1 is 0.826 bits per heavy atom. The van der Waals surface area contributed by atoms with Crippen LogP contribution in [0.1, 0.15) is 44.9 Å². The largest absolute Gasteiger partial charge is 0.481 e. The van der Waals surface area contributed by atoms with E-state index in [0.717, 1.165) is 19.4 Å². The molecular formula is C18H33N3O2. The Kier molecular flexibility index (Phi) is 5.29. The van der Waals surface area contributed by atoms with Gasteiger partial charge in [-0.15, -0.1) is 0 Å². The molecule has 3 fully saturated rings. The van der Waals surface area contributed by atoms with Gasteiger partial charge >= 0.3 is 5.97 Å². The highest BCUT2D eigenvalue weighted by molar-refractivity contribution is 5.70. The minimum Gasteiger partial charge on any atom is -0.481 e. The SMILES string of the molecule is CN1CCCC1C1CCCC(C2CC(C(=O)O)CCN2C)N1C. The zero-order chi connectivity index (χ0) is 16.6. The molecule has 5 nitrogen and oxygen atoms in total. The zero-order valence-corrected chi connectivity index (χ0v) is 14.9. The van der Waals surface area contributed by atoms with Crippen LogP contribution < -0.4 is 0 Å². The van der Waals surface area contributed by atoms with Crippen molar-refractivity contribution in [2.24, 2.45) is 5.92 Å². The Hall–Kier alpha value is -0.650. The summed E-state index contributed by atoms with van der Waals surface area (Å²) in [6.45, 7) is 2.14. The third-order valence-electron chi connectivity index (χ3n) is 6.78. The molecule has 0 bridgehead atoms. The van der Waals surface area contributed by atoms with E-state index in [-0.39, 0.29) is 5.92 Å². The Bertz CT molecular complexity index is 430. The van der Waals surface area contributed by atoms with E-state index in [1.165, 1.54) is 38.6 Å². The number of hydrogen-bond donors (Lipinski definition) is 1. The summed E-state index contributed by atoms with van der Waals surface area (Å²) >= 11 is 0. The van der Waals surface area contributed by atoms with Gasteiger partial charge in [0.25, 0.3) is 0 Å². The van der Waals surface area contributed by atoms with Crippen molar-refractivity contribution >= 4 is 5.97 Å². The van der Waals surface area contributed by atoms with Gasteiger partial charge in [-0.25, -0.2) is 0 Å². The highest BCUT2D eigenvalue weighted by atomic mass is 16.4. The average molecular weight is 323 g/mol. The van der Waals surface area contributed by atoms with E-state index in [1.807, 2.05) is 0 Å². The molecule has 0 radical (unpaired) electrons. The molecule has 5 heteroatoms. The lowest BCUT2D eigenvalue weighted by atomic mass is 9.81. The summed E-state index contributed by atoms with van der Waals surface area (Å²) in [5.74, 6) is -0.757. The molecule has 5 unspecified atom stereocenters. The van der Waals surface area contributed by atoms with E-state index < -0.39 is 5.97 Å². The summed E-state index contributed by atoms with van der Waals surface area (Å²) in [5, 5.41) is 9.43. The third kappa shape index (κ3) is 3.42. The molecule has 1 N–H and O–H groups in total. The molecule has 0 aromatic carbocycles. The molecule has 0 saturated carbocycles. The number of carboxylic acids is 1. The number of hydrogen-bond acceptors (Lipinski definition) is 4. The second-order valence-electron chi connectivity index (χ2n) is 8.03. The van der Waals surface area contributed by atoms with Gasteiger partial charge in [0.2, 0.25) is 0 Å². The molecule has 3 aliphatic heterocycles. The first-order chi connectivity index (χ1) is 11.0. The number of carbonyl (C=O) groups is 1. The van der Waals surface area contributed by atoms with Gasteiger partial charge in [-0.1, -0.05) is 6.42 Å². The van der Waals surface area contributed by atoms with Crippen molar-refractivity contribution in [3.05, 3.63) is 0 Å². The van der Waals surface area contributed by atoms with Gasteiger partial charge in [-0.2, -0.15) is 0 Å². The van der Waals surface area contributed by atoms with E-state index in [4.69, 9.17) is 0 Å². The molecule has 132 valence electrons. The number of rotatable bonds is 3. The van der Waals surface area contributed by atoms with Gasteiger partial charge in [-0.05, 0) is 72.8 Å². The van der Waals surface area contributed by atoms with E-state index in [1.54, 1.807) is 0 Å². The summed E-state index contributed by atoms with van der Waals surface area (Å²) in [4.78, 5) is 19.0. The normalized spacial score (nSPS) is 41.3. The van der Waals surface area contributed by atoms with Crippen LogP contribution in [-0.2, 0) is 4.79 Å². The highest BCUT2D eigenvalue weighted by Gasteiger charge is 2.42. The first kappa shape index (κ1) is 17.2. The van der Waals surface area contributed by atoms with Crippen LogP contribution in [0.3, 0.4) is 0 Å². The second kappa shape index (κ2) is 7.08. The van der Waals surface area contributed by atoms with Crippen LogP contribution in [0.25, 0.3) is 0 Å². The summed E-state index contributed by atoms with van der Waals surface area (Å²) in [6.07, 6.45) is 8.04. The standard InChI is InChI=1S/C18H33N3O2/c1-19-10-5-8-14(19)15-6-4-7-16(21(15)3)17-12-13(18(22)23)9-11-20(17)2/h13-17H,4-12H2,1-3H3,(H,22,23).